The highest BCUT2D eigenvalue weighted by Gasteiger charge is 2.25. The summed E-state index contributed by atoms with van der Waals surface area (Å²) in [6.07, 6.45) is 0. The van der Waals surface area contributed by atoms with Crippen LogP contribution in [0.4, 0.5) is 0 Å². The lowest BCUT2D eigenvalue weighted by Crippen LogP contribution is -2.51. The van der Waals surface area contributed by atoms with Crippen molar-refractivity contribution in [2.75, 3.05) is 39.9 Å². The molecule has 0 N–H and O–H groups in total. The molecule has 2 aromatic carbocycles. The summed E-state index contributed by atoms with van der Waals surface area (Å²) in [6.45, 7) is 1.99. The highest BCUT2D eigenvalue weighted by atomic mass is 79.9. The fourth-order valence-electron chi connectivity index (χ4n) is 2.86. The topological polar surface area (TPSA) is 59.1 Å². The van der Waals surface area contributed by atoms with E-state index in [1.165, 1.54) is 0 Å². The minimum atomic E-state index is -0.0774. The van der Waals surface area contributed by atoms with Crippen molar-refractivity contribution in [3.05, 3.63) is 58.6 Å². The molecule has 7 heteroatoms. The number of ether oxygens (including phenoxy) is 2. The summed E-state index contributed by atoms with van der Waals surface area (Å²) in [7, 11) is 1.57. The molecular weight excluding hydrogens is 412 g/mol. The van der Waals surface area contributed by atoms with Crippen LogP contribution in [0.2, 0.25) is 0 Å². The fraction of sp³-hybridized carbons (Fsp3) is 0.300. The van der Waals surface area contributed by atoms with Gasteiger partial charge in [0.1, 0.15) is 11.5 Å². The Morgan fingerprint density at radius 2 is 1.63 bits per heavy atom. The number of hydrogen-bond donors (Lipinski definition) is 0. The van der Waals surface area contributed by atoms with E-state index in [1.54, 1.807) is 41.2 Å². The number of carbonyl (C=O) groups is 2. The number of methoxy groups -OCH3 is 1. The molecule has 0 aliphatic carbocycles. The molecule has 0 radical (unpaired) electrons. The number of nitrogens with zero attached hydrogens (tertiary/aromatic N) is 2. The van der Waals surface area contributed by atoms with Crippen molar-refractivity contribution in [2.45, 2.75) is 0 Å². The molecule has 0 spiro atoms. The lowest BCUT2D eigenvalue weighted by molar-refractivity contribution is -0.134. The number of piperazine rings is 1. The van der Waals surface area contributed by atoms with Crippen LogP contribution in [0.3, 0.4) is 0 Å². The second-order valence-electron chi connectivity index (χ2n) is 6.15. The van der Waals surface area contributed by atoms with Crippen LogP contribution in [-0.2, 0) is 4.79 Å². The Bertz CT molecular complexity index is 802. The molecule has 1 saturated heterocycles. The molecule has 2 aromatic rings. The molecule has 0 unspecified atom stereocenters. The van der Waals surface area contributed by atoms with Crippen molar-refractivity contribution in [3.8, 4) is 11.5 Å². The van der Waals surface area contributed by atoms with Gasteiger partial charge in [-0.3, -0.25) is 9.59 Å². The van der Waals surface area contributed by atoms with Crippen LogP contribution in [0, 0.1) is 0 Å². The molecule has 0 saturated carbocycles. The number of halogens is 1. The van der Waals surface area contributed by atoms with Gasteiger partial charge in [0.05, 0.1) is 7.11 Å². The van der Waals surface area contributed by atoms with Crippen LogP contribution >= 0.6 is 15.9 Å². The average Bonchev–Trinajstić information content (AvgIpc) is 2.72. The minimum Gasteiger partial charge on any atom is -0.497 e. The monoisotopic (exact) mass is 432 g/mol. The zero-order valence-electron chi connectivity index (χ0n) is 15.1. The molecule has 1 heterocycles. The van der Waals surface area contributed by atoms with Gasteiger partial charge in [-0.05, 0) is 42.5 Å². The molecule has 27 heavy (non-hydrogen) atoms. The molecule has 0 bridgehead atoms. The van der Waals surface area contributed by atoms with Gasteiger partial charge in [-0.2, -0.15) is 0 Å². The third-order valence-electron chi connectivity index (χ3n) is 4.41. The smallest absolute Gasteiger partial charge is 0.260 e. The quantitative estimate of drug-likeness (QED) is 0.728. The highest BCUT2D eigenvalue weighted by molar-refractivity contribution is 9.10. The van der Waals surface area contributed by atoms with E-state index in [0.717, 1.165) is 4.47 Å². The maximum absolute atomic E-state index is 12.6. The van der Waals surface area contributed by atoms with E-state index in [4.69, 9.17) is 9.47 Å². The molecule has 1 fully saturated rings. The number of benzene rings is 2. The van der Waals surface area contributed by atoms with Crippen molar-refractivity contribution in [2.24, 2.45) is 0 Å². The van der Waals surface area contributed by atoms with Crippen molar-refractivity contribution in [3.63, 3.8) is 0 Å². The van der Waals surface area contributed by atoms with Crippen molar-refractivity contribution < 1.29 is 19.1 Å². The highest BCUT2D eigenvalue weighted by Crippen LogP contribution is 2.17. The van der Waals surface area contributed by atoms with Gasteiger partial charge >= 0.3 is 0 Å². The Labute approximate surface area is 166 Å². The maximum Gasteiger partial charge on any atom is 0.260 e. The first-order chi connectivity index (χ1) is 13.1. The van der Waals surface area contributed by atoms with Crippen LogP contribution in [-0.4, -0.2) is 61.5 Å². The molecule has 3 rings (SSSR count). The number of carbonyl (C=O) groups excluding carboxylic acids is 2. The summed E-state index contributed by atoms with van der Waals surface area (Å²) in [4.78, 5) is 28.4. The Balaban J connectivity index is 1.49. The summed E-state index contributed by atoms with van der Waals surface area (Å²) in [5, 5.41) is 0. The van der Waals surface area contributed by atoms with E-state index in [0.29, 0.717) is 43.2 Å². The fourth-order valence-corrected chi connectivity index (χ4v) is 3.13. The van der Waals surface area contributed by atoms with Gasteiger partial charge in [-0.25, -0.2) is 0 Å². The molecular formula is C20H21BrN2O4. The van der Waals surface area contributed by atoms with E-state index >= 15 is 0 Å². The largest absolute Gasteiger partial charge is 0.497 e. The molecule has 1 aliphatic rings. The Morgan fingerprint density at radius 3 is 2.30 bits per heavy atom. The van der Waals surface area contributed by atoms with Gasteiger partial charge in [0.25, 0.3) is 11.8 Å². The summed E-state index contributed by atoms with van der Waals surface area (Å²) < 4.78 is 11.7. The number of rotatable bonds is 5. The second kappa shape index (κ2) is 8.90. The first-order valence-electron chi connectivity index (χ1n) is 8.66. The normalized spacial score (nSPS) is 14.0. The summed E-state index contributed by atoms with van der Waals surface area (Å²) in [5.41, 5.74) is 0.590. The van der Waals surface area contributed by atoms with Gasteiger partial charge in [0, 0.05) is 36.2 Å². The number of amides is 2. The van der Waals surface area contributed by atoms with E-state index < -0.39 is 0 Å². The lowest BCUT2D eigenvalue weighted by Gasteiger charge is -2.34. The third kappa shape index (κ3) is 5.01. The van der Waals surface area contributed by atoms with Crippen LogP contribution in [0.15, 0.2) is 53.0 Å². The Hall–Kier alpha value is -2.54. The van der Waals surface area contributed by atoms with E-state index in [1.807, 2.05) is 24.3 Å². The van der Waals surface area contributed by atoms with Gasteiger partial charge in [-0.15, -0.1) is 0 Å². The summed E-state index contributed by atoms with van der Waals surface area (Å²) in [6, 6.07) is 14.4. The molecule has 6 nitrogen and oxygen atoms in total. The summed E-state index contributed by atoms with van der Waals surface area (Å²) >= 11 is 3.36. The average molecular weight is 433 g/mol. The predicted octanol–water partition coefficient (Wildman–Crippen LogP) is 2.82. The molecule has 1 aliphatic heterocycles. The standard InChI is InChI=1S/C20H21BrN2O4/c1-26-18-4-2-3-15(13-18)20(25)23-11-9-22(10-12-23)19(24)14-27-17-7-5-16(21)6-8-17/h2-8,13H,9-12,14H2,1H3. The first-order valence-corrected chi connectivity index (χ1v) is 9.45. The molecule has 142 valence electrons. The SMILES string of the molecule is COc1cccc(C(=O)N2CCN(C(=O)COc3ccc(Br)cc3)CC2)c1. The van der Waals surface area contributed by atoms with Crippen molar-refractivity contribution in [1.82, 2.24) is 9.80 Å². The Kier molecular flexibility index (Phi) is 6.34. The van der Waals surface area contributed by atoms with Crippen LogP contribution < -0.4 is 9.47 Å². The predicted molar refractivity (Wildman–Crippen MR) is 105 cm³/mol. The first kappa shape index (κ1) is 19.2. The van der Waals surface area contributed by atoms with Gasteiger partial charge in [0.15, 0.2) is 6.61 Å². The van der Waals surface area contributed by atoms with E-state index in [9.17, 15) is 9.59 Å². The zero-order chi connectivity index (χ0) is 19.2. The van der Waals surface area contributed by atoms with Crippen LogP contribution in [0.1, 0.15) is 10.4 Å². The lowest BCUT2D eigenvalue weighted by atomic mass is 10.1. The van der Waals surface area contributed by atoms with E-state index in [2.05, 4.69) is 15.9 Å². The Morgan fingerprint density at radius 1 is 0.963 bits per heavy atom. The molecule has 0 aromatic heterocycles. The maximum atomic E-state index is 12.6. The van der Waals surface area contributed by atoms with Gasteiger partial charge in [0.2, 0.25) is 0 Å². The summed E-state index contributed by atoms with van der Waals surface area (Å²) in [5.74, 6) is 1.18. The number of hydrogen-bond acceptors (Lipinski definition) is 4. The van der Waals surface area contributed by atoms with Crippen molar-refractivity contribution >= 4 is 27.7 Å². The second-order valence-corrected chi connectivity index (χ2v) is 7.06. The van der Waals surface area contributed by atoms with Gasteiger partial charge in [-0.1, -0.05) is 22.0 Å². The van der Waals surface area contributed by atoms with Crippen LogP contribution in [0.5, 0.6) is 11.5 Å². The van der Waals surface area contributed by atoms with E-state index in [-0.39, 0.29) is 18.4 Å². The zero-order valence-corrected chi connectivity index (χ0v) is 16.6. The van der Waals surface area contributed by atoms with Crippen LogP contribution in [0.25, 0.3) is 0 Å². The molecule has 2 amide bonds. The third-order valence-corrected chi connectivity index (χ3v) is 4.94. The molecule has 0 atom stereocenters. The minimum absolute atomic E-state index is 0.00847. The van der Waals surface area contributed by atoms with Gasteiger partial charge < -0.3 is 19.3 Å². The van der Waals surface area contributed by atoms with Crippen molar-refractivity contribution in [1.29, 1.82) is 0 Å².